The summed E-state index contributed by atoms with van der Waals surface area (Å²) in [5, 5.41) is 2.65. The van der Waals surface area contributed by atoms with Gasteiger partial charge in [0.2, 0.25) is 11.8 Å². The molecule has 0 atom stereocenters. The molecule has 0 spiro atoms. The number of hydrogen-bond donors (Lipinski definition) is 1. The van der Waals surface area contributed by atoms with Crippen LogP contribution in [0.1, 0.15) is 46.4 Å². The Balaban J connectivity index is 1.46. The first kappa shape index (κ1) is 18.1. The minimum Gasteiger partial charge on any atom is -0.359 e. The number of fused-ring (bicyclic) bond motifs is 1. The Morgan fingerprint density at radius 1 is 1.08 bits per heavy atom. The van der Waals surface area contributed by atoms with Crippen molar-refractivity contribution in [3.63, 3.8) is 0 Å². The molecule has 26 heavy (non-hydrogen) atoms. The van der Waals surface area contributed by atoms with E-state index in [-0.39, 0.29) is 42.5 Å². The number of benzene rings is 1. The van der Waals surface area contributed by atoms with Crippen LogP contribution in [0.2, 0.25) is 0 Å². The van der Waals surface area contributed by atoms with Gasteiger partial charge in [-0.2, -0.15) is 0 Å². The fraction of sp³-hybridized carbons (Fsp3) is 0.474. The zero-order chi connectivity index (χ0) is 18.7. The number of nitrogens with one attached hydrogen (secondary N) is 1. The van der Waals surface area contributed by atoms with Crippen LogP contribution in [0.15, 0.2) is 24.3 Å². The SMILES string of the molecule is CNC(=O)C1CCN(C(=O)CCCN2C(=O)c3ccccc3C2=O)CC1. The van der Waals surface area contributed by atoms with Crippen LogP contribution in [0.3, 0.4) is 0 Å². The van der Waals surface area contributed by atoms with Crippen molar-refractivity contribution in [1.82, 2.24) is 15.1 Å². The van der Waals surface area contributed by atoms with Crippen molar-refractivity contribution in [2.24, 2.45) is 5.92 Å². The van der Waals surface area contributed by atoms with Crippen LogP contribution in [0.5, 0.6) is 0 Å². The first-order valence-corrected chi connectivity index (χ1v) is 8.97. The van der Waals surface area contributed by atoms with Crippen LogP contribution in [0.4, 0.5) is 0 Å². The van der Waals surface area contributed by atoms with Gasteiger partial charge in [0.05, 0.1) is 11.1 Å². The van der Waals surface area contributed by atoms with Gasteiger partial charge in [-0.25, -0.2) is 0 Å². The lowest BCUT2D eigenvalue weighted by atomic mass is 9.96. The summed E-state index contributed by atoms with van der Waals surface area (Å²) >= 11 is 0. The lowest BCUT2D eigenvalue weighted by molar-refractivity contribution is -0.135. The molecule has 0 saturated carbocycles. The van der Waals surface area contributed by atoms with E-state index in [2.05, 4.69) is 5.32 Å². The van der Waals surface area contributed by atoms with Gasteiger partial charge in [-0.05, 0) is 31.4 Å². The Kier molecular flexibility index (Phi) is 5.35. The van der Waals surface area contributed by atoms with Gasteiger partial charge in [0.1, 0.15) is 0 Å². The second-order valence-electron chi connectivity index (χ2n) is 6.68. The summed E-state index contributed by atoms with van der Waals surface area (Å²) in [7, 11) is 1.62. The van der Waals surface area contributed by atoms with E-state index in [1.807, 2.05) is 0 Å². The lowest BCUT2D eigenvalue weighted by Crippen LogP contribution is -2.42. The minimum atomic E-state index is -0.288. The lowest BCUT2D eigenvalue weighted by Gasteiger charge is -2.31. The number of nitrogens with zero attached hydrogens (tertiary/aromatic N) is 2. The smallest absolute Gasteiger partial charge is 0.261 e. The molecule has 2 heterocycles. The number of carbonyl (C=O) groups excluding carboxylic acids is 4. The van der Waals surface area contributed by atoms with E-state index in [0.29, 0.717) is 43.5 Å². The maximum Gasteiger partial charge on any atom is 0.261 e. The van der Waals surface area contributed by atoms with E-state index < -0.39 is 0 Å². The van der Waals surface area contributed by atoms with Crippen molar-refractivity contribution in [3.8, 4) is 0 Å². The fourth-order valence-electron chi connectivity index (χ4n) is 3.58. The van der Waals surface area contributed by atoms with E-state index in [4.69, 9.17) is 0 Å². The Bertz CT molecular complexity index is 703. The molecule has 138 valence electrons. The van der Waals surface area contributed by atoms with E-state index in [0.717, 1.165) is 0 Å². The molecule has 1 saturated heterocycles. The second-order valence-corrected chi connectivity index (χ2v) is 6.68. The quantitative estimate of drug-likeness (QED) is 0.798. The summed E-state index contributed by atoms with van der Waals surface area (Å²) < 4.78 is 0. The highest BCUT2D eigenvalue weighted by atomic mass is 16.2. The third kappa shape index (κ3) is 3.47. The monoisotopic (exact) mass is 357 g/mol. The number of hydrogen-bond acceptors (Lipinski definition) is 4. The Morgan fingerprint density at radius 2 is 1.65 bits per heavy atom. The molecule has 7 nitrogen and oxygen atoms in total. The third-order valence-corrected chi connectivity index (χ3v) is 5.12. The van der Waals surface area contributed by atoms with Crippen LogP contribution < -0.4 is 5.32 Å². The standard InChI is InChI=1S/C19H23N3O4/c1-20-17(24)13-8-11-21(12-9-13)16(23)7-4-10-22-18(25)14-5-2-3-6-15(14)19(22)26/h2-3,5-6,13H,4,7-12H2,1H3,(H,20,24). The van der Waals surface area contributed by atoms with E-state index in [1.54, 1.807) is 36.2 Å². The highest BCUT2D eigenvalue weighted by Crippen LogP contribution is 2.23. The second kappa shape index (κ2) is 7.68. The molecular formula is C19H23N3O4. The molecule has 0 aliphatic carbocycles. The third-order valence-electron chi connectivity index (χ3n) is 5.12. The van der Waals surface area contributed by atoms with Gasteiger partial charge in [-0.15, -0.1) is 0 Å². The molecule has 1 aromatic rings. The predicted octanol–water partition coefficient (Wildman–Crippen LogP) is 1.05. The van der Waals surface area contributed by atoms with Gasteiger partial charge in [0, 0.05) is 39.0 Å². The van der Waals surface area contributed by atoms with Gasteiger partial charge < -0.3 is 10.2 Å². The zero-order valence-corrected chi connectivity index (χ0v) is 14.9. The number of piperidine rings is 1. The van der Waals surface area contributed by atoms with Crippen molar-refractivity contribution in [2.75, 3.05) is 26.7 Å². The summed E-state index contributed by atoms with van der Waals surface area (Å²) in [6.45, 7) is 1.39. The maximum absolute atomic E-state index is 12.3. The molecule has 4 amide bonds. The summed E-state index contributed by atoms with van der Waals surface area (Å²) in [6.07, 6.45) is 2.07. The predicted molar refractivity (Wildman–Crippen MR) is 94.4 cm³/mol. The normalized spacial score (nSPS) is 17.4. The van der Waals surface area contributed by atoms with Crippen molar-refractivity contribution in [3.05, 3.63) is 35.4 Å². The Morgan fingerprint density at radius 3 is 2.19 bits per heavy atom. The molecule has 0 radical (unpaired) electrons. The maximum atomic E-state index is 12.3. The number of rotatable bonds is 5. The topological polar surface area (TPSA) is 86.8 Å². The average molecular weight is 357 g/mol. The first-order chi connectivity index (χ1) is 12.5. The number of imide groups is 1. The molecule has 1 N–H and O–H groups in total. The largest absolute Gasteiger partial charge is 0.359 e. The van der Waals surface area contributed by atoms with Crippen LogP contribution in [0.25, 0.3) is 0 Å². The van der Waals surface area contributed by atoms with Crippen LogP contribution in [0, 0.1) is 5.92 Å². The molecule has 7 heteroatoms. The molecular weight excluding hydrogens is 334 g/mol. The fourth-order valence-corrected chi connectivity index (χ4v) is 3.58. The minimum absolute atomic E-state index is 0.0111. The van der Waals surface area contributed by atoms with Gasteiger partial charge >= 0.3 is 0 Å². The van der Waals surface area contributed by atoms with Crippen LogP contribution >= 0.6 is 0 Å². The molecule has 0 unspecified atom stereocenters. The van der Waals surface area contributed by atoms with Crippen molar-refractivity contribution in [1.29, 1.82) is 0 Å². The molecule has 2 aliphatic heterocycles. The van der Waals surface area contributed by atoms with E-state index in [9.17, 15) is 19.2 Å². The average Bonchev–Trinajstić information content (AvgIpc) is 2.92. The van der Waals surface area contributed by atoms with Gasteiger partial charge in [0.15, 0.2) is 0 Å². The van der Waals surface area contributed by atoms with Crippen molar-refractivity contribution >= 4 is 23.6 Å². The molecule has 2 aliphatic rings. The highest BCUT2D eigenvalue weighted by molar-refractivity contribution is 6.21. The van der Waals surface area contributed by atoms with Gasteiger partial charge in [-0.1, -0.05) is 12.1 Å². The molecule has 0 aromatic heterocycles. The van der Waals surface area contributed by atoms with Crippen LogP contribution in [-0.4, -0.2) is 60.1 Å². The molecule has 1 aromatic carbocycles. The van der Waals surface area contributed by atoms with Crippen LogP contribution in [-0.2, 0) is 9.59 Å². The number of carbonyl (C=O) groups is 4. The van der Waals surface area contributed by atoms with E-state index in [1.165, 1.54) is 4.90 Å². The van der Waals surface area contributed by atoms with Gasteiger partial charge in [0.25, 0.3) is 11.8 Å². The Labute approximate surface area is 152 Å². The van der Waals surface area contributed by atoms with Crippen molar-refractivity contribution in [2.45, 2.75) is 25.7 Å². The summed E-state index contributed by atoms with van der Waals surface area (Å²) in [6, 6.07) is 6.77. The number of amides is 4. The molecule has 0 bridgehead atoms. The van der Waals surface area contributed by atoms with E-state index >= 15 is 0 Å². The summed E-state index contributed by atoms with van der Waals surface area (Å²) in [4.78, 5) is 51.5. The van der Waals surface area contributed by atoms with Gasteiger partial charge in [-0.3, -0.25) is 24.1 Å². The Hall–Kier alpha value is -2.70. The highest BCUT2D eigenvalue weighted by Gasteiger charge is 2.34. The first-order valence-electron chi connectivity index (χ1n) is 8.97. The summed E-state index contributed by atoms with van der Waals surface area (Å²) in [5.41, 5.74) is 0.861. The van der Waals surface area contributed by atoms with Crippen molar-refractivity contribution < 1.29 is 19.2 Å². The summed E-state index contributed by atoms with van der Waals surface area (Å²) in [5.74, 6) is -0.559. The zero-order valence-electron chi connectivity index (χ0n) is 14.9. The number of likely N-dealkylation sites (tertiary alicyclic amines) is 1. The molecule has 1 fully saturated rings. The molecule has 3 rings (SSSR count).